The molecule has 8 heteroatoms. The molecule has 0 aliphatic heterocycles. The summed E-state index contributed by atoms with van der Waals surface area (Å²) in [6.07, 6.45) is 1.36. The molecule has 6 nitrogen and oxygen atoms in total. The van der Waals surface area contributed by atoms with Crippen molar-refractivity contribution in [3.05, 3.63) is 47.1 Å². The number of hydrogen-bond donors (Lipinski definition) is 2. The Morgan fingerprint density at radius 1 is 1.33 bits per heavy atom. The molecule has 0 unspecified atom stereocenters. The molecule has 2 aromatic rings. The Kier molecular flexibility index (Phi) is 4.66. The summed E-state index contributed by atoms with van der Waals surface area (Å²) in [6.45, 7) is -0.0266. The lowest BCUT2D eigenvalue weighted by atomic mass is 10.2. The lowest BCUT2D eigenvalue weighted by Gasteiger charge is -2.12. The van der Waals surface area contributed by atoms with Gasteiger partial charge in [-0.05, 0) is 24.3 Å². The summed E-state index contributed by atoms with van der Waals surface area (Å²) in [4.78, 5) is 3.79. The number of nitrogens with two attached hydrogens (primary N) is 1. The number of nitrogens with one attached hydrogen (secondary N) is 1. The first-order valence-corrected chi connectivity index (χ1v) is 7.83. The number of ether oxygens (including phenoxy) is 1. The lowest BCUT2D eigenvalue weighted by molar-refractivity contribution is 0.409. The van der Waals surface area contributed by atoms with Crippen molar-refractivity contribution in [3.8, 4) is 5.75 Å². The van der Waals surface area contributed by atoms with Crippen LogP contribution in [0, 0.1) is 0 Å². The molecule has 0 bridgehead atoms. The van der Waals surface area contributed by atoms with Gasteiger partial charge in [0.25, 0.3) is 10.0 Å². The summed E-state index contributed by atoms with van der Waals surface area (Å²) < 4.78 is 32.0. The molecule has 0 saturated heterocycles. The number of anilines is 1. The topological polar surface area (TPSA) is 94.3 Å². The zero-order chi connectivity index (χ0) is 15.5. The van der Waals surface area contributed by atoms with Gasteiger partial charge in [-0.2, -0.15) is 0 Å². The number of halogens is 1. The molecule has 0 fully saturated rings. The number of nitrogens with zero attached hydrogens (tertiary/aromatic N) is 1. The number of nitrogen functional groups attached to an aromatic ring is 1. The highest BCUT2D eigenvalue weighted by atomic mass is 35.5. The minimum absolute atomic E-state index is 0.0266. The van der Waals surface area contributed by atoms with Gasteiger partial charge in [0.05, 0.1) is 12.8 Å². The molecule has 0 atom stereocenters. The van der Waals surface area contributed by atoms with Crippen LogP contribution in [0.1, 0.15) is 5.56 Å². The number of hydrogen-bond acceptors (Lipinski definition) is 5. The summed E-state index contributed by atoms with van der Waals surface area (Å²) in [7, 11) is -2.34. The van der Waals surface area contributed by atoms with Gasteiger partial charge in [0, 0.05) is 23.3 Å². The van der Waals surface area contributed by atoms with E-state index < -0.39 is 10.0 Å². The molecule has 0 spiro atoms. The van der Waals surface area contributed by atoms with E-state index in [4.69, 9.17) is 22.1 Å². The number of benzene rings is 1. The van der Waals surface area contributed by atoms with E-state index >= 15 is 0 Å². The lowest BCUT2D eigenvalue weighted by Crippen LogP contribution is -2.25. The Labute approximate surface area is 128 Å². The summed E-state index contributed by atoms with van der Waals surface area (Å²) in [5.41, 5.74) is 6.25. The predicted octanol–water partition coefficient (Wildman–Crippen LogP) is 1.80. The molecule has 0 aliphatic rings. The zero-order valence-electron chi connectivity index (χ0n) is 11.2. The van der Waals surface area contributed by atoms with Crippen molar-refractivity contribution in [3.63, 3.8) is 0 Å². The summed E-state index contributed by atoms with van der Waals surface area (Å²) in [5.74, 6) is 0.499. The van der Waals surface area contributed by atoms with Crippen molar-refractivity contribution >= 4 is 27.3 Å². The van der Waals surface area contributed by atoms with E-state index in [2.05, 4.69) is 9.71 Å². The Morgan fingerprint density at radius 2 is 2.10 bits per heavy atom. The first-order chi connectivity index (χ1) is 9.95. The van der Waals surface area contributed by atoms with E-state index in [1.165, 1.54) is 19.4 Å². The van der Waals surface area contributed by atoms with E-state index in [9.17, 15) is 8.42 Å². The largest absolute Gasteiger partial charge is 0.496 e. The van der Waals surface area contributed by atoms with E-state index in [-0.39, 0.29) is 17.3 Å². The van der Waals surface area contributed by atoms with Gasteiger partial charge in [-0.3, -0.25) is 0 Å². The molecule has 0 aliphatic carbocycles. The molecule has 21 heavy (non-hydrogen) atoms. The fraction of sp³-hybridized carbons (Fsp3) is 0.154. The summed E-state index contributed by atoms with van der Waals surface area (Å²) >= 11 is 6.06. The molecular weight excluding hydrogens is 314 g/mol. The Bertz CT molecular complexity index is 750. The number of aromatic nitrogens is 1. The van der Waals surface area contributed by atoms with Crippen molar-refractivity contribution in [2.75, 3.05) is 12.8 Å². The van der Waals surface area contributed by atoms with Gasteiger partial charge in [0.1, 0.15) is 5.75 Å². The highest BCUT2D eigenvalue weighted by molar-refractivity contribution is 7.89. The monoisotopic (exact) mass is 327 g/mol. The van der Waals surface area contributed by atoms with Crippen LogP contribution in [0.15, 0.2) is 41.6 Å². The molecule has 0 saturated carbocycles. The van der Waals surface area contributed by atoms with Crippen molar-refractivity contribution in [1.82, 2.24) is 9.71 Å². The van der Waals surface area contributed by atoms with E-state index in [1.54, 1.807) is 24.3 Å². The molecule has 1 heterocycles. The molecule has 2 rings (SSSR count). The van der Waals surface area contributed by atoms with Crippen LogP contribution in [-0.2, 0) is 16.6 Å². The minimum Gasteiger partial charge on any atom is -0.496 e. The second-order valence-corrected chi connectivity index (χ2v) is 6.23. The molecular formula is C13H14ClN3O3S. The van der Waals surface area contributed by atoms with Crippen molar-refractivity contribution in [2.24, 2.45) is 0 Å². The third-order valence-electron chi connectivity index (χ3n) is 2.79. The highest BCUT2D eigenvalue weighted by Gasteiger charge is 2.20. The van der Waals surface area contributed by atoms with Crippen LogP contribution in [-0.4, -0.2) is 20.5 Å². The number of sulfonamides is 1. The number of rotatable bonds is 5. The van der Waals surface area contributed by atoms with Gasteiger partial charge < -0.3 is 10.5 Å². The summed E-state index contributed by atoms with van der Waals surface area (Å²) in [6, 6.07) is 8.10. The van der Waals surface area contributed by atoms with Crippen LogP contribution < -0.4 is 15.2 Å². The normalized spacial score (nSPS) is 11.3. The van der Waals surface area contributed by atoms with Gasteiger partial charge >= 0.3 is 0 Å². The van der Waals surface area contributed by atoms with Crippen LogP contribution in [0.25, 0.3) is 0 Å². The molecule has 0 radical (unpaired) electrons. The van der Waals surface area contributed by atoms with Gasteiger partial charge in [0.15, 0.2) is 5.03 Å². The minimum atomic E-state index is -3.83. The van der Waals surface area contributed by atoms with Crippen molar-refractivity contribution < 1.29 is 13.2 Å². The number of pyridine rings is 1. The van der Waals surface area contributed by atoms with Gasteiger partial charge in [-0.1, -0.05) is 17.7 Å². The standard InChI is InChI=1S/C13H14ClN3O3S/c1-20-12-6-2-4-10(14)9(12)8-17-21(18,19)13-11(15)5-3-7-16-13/h2-7,17H,8,15H2,1H3. The quantitative estimate of drug-likeness (QED) is 0.873. The molecule has 3 N–H and O–H groups in total. The highest BCUT2D eigenvalue weighted by Crippen LogP contribution is 2.26. The third-order valence-corrected chi connectivity index (χ3v) is 4.52. The van der Waals surface area contributed by atoms with E-state index in [0.717, 1.165) is 0 Å². The van der Waals surface area contributed by atoms with E-state index in [1.807, 2.05) is 0 Å². The molecule has 112 valence electrons. The smallest absolute Gasteiger partial charge is 0.260 e. The summed E-state index contributed by atoms with van der Waals surface area (Å²) in [5, 5.41) is 0.196. The van der Waals surface area contributed by atoms with E-state index in [0.29, 0.717) is 16.3 Å². The zero-order valence-corrected chi connectivity index (χ0v) is 12.8. The third kappa shape index (κ3) is 3.44. The van der Waals surface area contributed by atoms with Crippen LogP contribution in [0.5, 0.6) is 5.75 Å². The SMILES string of the molecule is COc1cccc(Cl)c1CNS(=O)(=O)c1ncccc1N. The molecule has 1 aromatic carbocycles. The first kappa shape index (κ1) is 15.6. The fourth-order valence-electron chi connectivity index (χ4n) is 1.76. The Morgan fingerprint density at radius 3 is 2.76 bits per heavy atom. The fourth-order valence-corrected chi connectivity index (χ4v) is 3.05. The van der Waals surface area contributed by atoms with Gasteiger partial charge in [-0.15, -0.1) is 0 Å². The average Bonchev–Trinajstić information content (AvgIpc) is 2.46. The number of methoxy groups -OCH3 is 1. The van der Waals surface area contributed by atoms with Crippen LogP contribution in [0.4, 0.5) is 5.69 Å². The van der Waals surface area contributed by atoms with Crippen molar-refractivity contribution in [1.29, 1.82) is 0 Å². The Balaban J connectivity index is 2.26. The van der Waals surface area contributed by atoms with Crippen LogP contribution >= 0.6 is 11.6 Å². The second-order valence-electron chi connectivity index (χ2n) is 4.14. The maximum absolute atomic E-state index is 12.2. The maximum Gasteiger partial charge on any atom is 0.260 e. The average molecular weight is 328 g/mol. The predicted molar refractivity (Wildman–Crippen MR) is 80.7 cm³/mol. The van der Waals surface area contributed by atoms with Crippen LogP contribution in [0.2, 0.25) is 5.02 Å². The molecule has 1 aromatic heterocycles. The first-order valence-electron chi connectivity index (χ1n) is 5.97. The van der Waals surface area contributed by atoms with Crippen molar-refractivity contribution in [2.45, 2.75) is 11.6 Å². The van der Waals surface area contributed by atoms with Crippen LogP contribution in [0.3, 0.4) is 0 Å². The second kappa shape index (κ2) is 6.30. The molecule has 0 amide bonds. The van der Waals surface area contributed by atoms with Gasteiger partial charge in [0.2, 0.25) is 0 Å². The Hall–Kier alpha value is -1.83. The maximum atomic E-state index is 12.2. The van der Waals surface area contributed by atoms with Gasteiger partial charge in [-0.25, -0.2) is 18.1 Å².